The number of likely N-dealkylation sites (N-methyl/N-ethyl adjacent to an activating group) is 1. The van der Waals surface area contributed by atoms with Crippen LogP contribution in [0, 0.1) is 0 Å². The Bertz CT molecular complexity index is 622. The summed E-state index contributed by atoms with van der Waals surface area (Å²) in [5, 5.41) is 2.97. The summed E-state index contributed by atoms with van der Waals surface area (Å²) in [5.74, 6) is -0.132. The van der Waals surface area contributed by atoms with E-state index in [-0.39, 0.29) is 36.5 Å². The minimum absolute atomic E-state index is 0.0481. The van der Waals surface area contributed by atoms with Gasteiger partial charge in [-0.3, -0.25) is 13.9 Å². The highest BCUT2D eigenvalue weighted by Gasteiger charge is 2.55. The van der Waals surface area contributed by atoms with E-state index < -0.39 is 28.5 Å². The number of carbonyl (C=O) groups excluding carboxylic acids is 2. The molecule has 9 nitrogen and oxygen atoms in total. The van der Waals surface area contributed by atoms with Crippen LogP contribution in [0.15, 0.2) is 12.7 Å². The molecule has 2 rings (SSSR count). The van der Waals surface area contributed by atoms with Crippen LogP contribution in [-0.4, -0.2) is 88.2 Å². The molecule has 0 aromatic carbocycles. The second-order valence-electron chi connectivity index (χ2n) is 6.22. The highest BCUT2D eigenvalue weighted by Crippen LogP contribution is 2.32. The van der Waals surface area contributed by atoms with E-state index in [1.54, 1.807) is 11.9 Å². The largest absolute Gasteiger partial charge is 0.517 e. The third-order valence-electron chi connectivity index (χ3n) is 4.25. The van der Waals surface area contributed by atoms with E-state index in [2.05, 4.69) is 11.9 Å². The Hall–Kier alpha value is -1.49. The molecule has 2 saturated heterocycles. The van der Waals surface area contributed by atoms with Gasteiger partial charge in [0, 0.05) is 13.1 Å². The summed E-state index contributed by atoms with van der Waals surface area (Å²) >= 11 is 0. The molecule has 0 saturated carbocycles. The molecular weight excluding hydrogens is 338 g/mol. The molecule has 136 valence electrons. The number of quaternary nitrogens is 1. The third kappa shape index (κ3) is 4.12. The van der Waals surface area contributed by atoms with Gasteiger partial charge in [-0.1, -0.05) is 12.7 Å². The fourth-order valence-electron chi connectivity index (χ4n) is 3.25. The van der Waals surface area contributed by atoms with Crippen molar-refractivity contribution in [3.8, 4) is 0 Å². The van der Waals surface area contributed by atoms with Gasteiger partial charge in [-0.2, -0.15) is 13.2 Å². The first kappa shape index (κ1) is 18.8. The van der Waals surface area contributed by atoms with Crippen LogP contribution in [-0.2, 0) is 23.8 Å². The van der Waals surface area contributed by atoms with E-state index in [0.717, 1.165) is 6.26 Å². The number of piperazine rings is 1. The van der Waals surface area contributed by atoms with Crippen LogP contribution in [0.5, 0.6) is 0 Å². The van der Waals surface area contributed by atoms with E-state index in [0.29, 0.717) is 13.1 Å². The van der Waals surface area contributed by atoms with Gasteiger partial charge in [0.05, 0.1) is 26.3 Å². The molecule has 0 spiro atoms. The molecule has 0 aromatic rings. The number of nitrogens with zero attached hydrogens (tertiary/aromatic N) is 2. The number of carbonyl (C=O) groups is 2. The summed E-state index contributed by atoms with van der Waals surface area (Å²) in [4.78, 5) is 26.4. The quantitative estimate of drug-likeness (QED) is 0.390. The number of likely N-dealkylation sites (tertiary alicyclic amines) is 1. The Morgan fingerprint density at radius 2 is 2.25 bits per heavy atom. The van der Waals surface area contributed by atoms with Crippen molar-refractivity contribution in [3.63, 3.8) is 0 Å². The second kappa shape index (κ2) is 7.18. The maximum atomic E-state index is 12.5. The predicted molar refractivity (Wildman–Crippen MR) is 85.3 cm³/mol. The van der Waals surface area contributed by atoms with E-state index in [9.17, 15) is 18.0 Å². The SMILES string of the molecule is C=CCOC(=O)[N+]1(C)C[C@H](OS(C)(=O)=O)C[C@H]1N1CCNCC1=O. The molecule has 3 atom stereocenters. The van der Waals surface area contributed by atoms with Crippen LogP contribution in [0.25, 0.3) is 0 Å². The van der Waals surface area contributed by atoms with Crippen LogP contribution in [0.2, 0.25) is 0 Å². The molecule has 2 heterocycles. The zero-order chi connectivity index (χ0) is 18.0. The Kier molecular flexibility index (Phi) is 5.63. The topological polar surface area (TPSA) is 102 Å². The first-order valence-corrected chi connectivity index (χ1v) is 9.51. The number of nitrogens with one attached hydrogen (secondary N) is 1. The summed E-state index contributed by atoms with van der Waals surface area (Å²) in [6, 6.07) is 0. The summed E-state index contributed by atoms with van der Waals surface area (Å²) in [6.07, 6.45) is 0.925. The van der Waals surface area contributed by atoms with Crippen molar-refractivity contribution in [3.05, 3.63) is 12.7 Å². The first-order valence-electron chi connectivity index (χ1n) is 7.69. The summed E-state index contributed by atoms with van der Waals surface area (Å²) in [5.41, 5.74) is 0. The normalized spacial score (nSPS) is 31.1. The monoisotopic (exact) mass is 362 g/mol. The van der Waals surface area contributed by atoms with Crippen LogP contribution in [0.1, 0.15) is 6.42 Å². The molecule has 0 bridgehead atoms. The molecule has 2 aliphatic rings. The van der Waals surface area contributed by atoms with E-state index in [1.165, 1.54) is 6.08 Å². The smallest absolute Gasteiger partial charge is 0.416 e. The summed E-state index contributed by atoms with van der Waals surface area (Å²) in [6.45, 7) is 4.91. The van der Waals surface area contributed by atoms with Gasteiger partial charge in [-0.05, 0) is 0 Å². The zero-order valence-corrected chi connectivity index (χ0v) is 14.8. The molecule has 2 fully saturated rings. The molecule has 2 aliphatic heterocycles. The van der Waals surface area contributed by atoms with Crippen molar-refractivity contribution in [2.45, 2.75) is 18.7 Å². The Morgan fingerprint density at radius 3 is 2.83 bits per heavy atom. The van der Waals surface area contributed by atoms with Crippen molar-refractivity contribution in [1.82, 2.24) is 10.2 Å². The average Bonchev–Trinajstić information content (AvgIpc) is 2.81. The number of amides is 2. The zero-order valence-electron chi connectivity index (χ0n) is 13.9. The fraction of sp³-hybridized carbons (Fsp3) is 0.714. The molecular formula is C14H24N3O6S+. The van der Waals surface area contributed by atoms with Gasteiger partial charge >= 0.3 is 6.09 Å². The van der Waals surface area contributed by atoms with Gasteiger partial charge in [-0.25, -0.2) is 4.48 Å². The van der Waals surface area contributed by atoms with Crippen LogP contribution >= 0.6 is 0 Å². The minimum Gasteiger partial charge on any atom is -0.416 e. The van der Waals surface area contributed by atoms with E-state index >= 15 is 0 Å². The van der Waals surface area contributed by atoms with Gasteiger partial charge in [0.1, 0.15) is 19.3 Å². The maximum absolute atomic E-state index is 12.5. The summed E-state index contributed by atoms with van der Waals surface area (Å²) in [7, 11) is -2.03. The van der Waals surface area contributed by atoms with Gasteiger partial charge in [-0.15, -0.1) is 0 Å². The van der Waals surface area contributed by atoms with Gasteiger partial charge in [0.2, 0.25) is 5.91 Å². The maximum Gasteiger partial charge on any atom is 0.517 e. The van der Waals surface area contributed by atoms with Gasteiger partial charge in [0.15, 0.2) is 6.17 Å². The Morgan fingerprint density at radius 1 is 1.54 bits per heavy atom. The van der Waals surface area contributed by atoms with Crippen LogP contribution in [0.3, 0.4) is 0 Å². The molecule has 10 heteroatoms. The van der Waals surface area contributed by atoms with Crippen molar-refractivity contribution >= 4 is 22.1 Å². The van der Waals surface area contributed by atoms with E-state index in [1.807, 2.05) is 0 Å². The predicted octanol–water partition coefficient (Wildman–Crippen LogP) is -0.738. The van der Waals surface area contributed by atoms with Crippen molar-refractivity contribution in [1.29, 1.82) is 0 Å². The summed E-state index contributed by atoms with van der Waals surface area (Å²) < 4.78 is 32.9. The number of rotatable bonds is 5. The average molecular weight is 362 g/mol. The van der Waals surface area contributed by atoms with Gasteiger partial charge < -0.3 is 10.1 Å². The first-order chi connectivity index (χ1) is 11.2. The molecule has 0 radical (unpaired) electrons. The number of ether oxygens (including phenoxy) is 1. The minimum atomic E-state index is -3.66. The lowest BCUT2D eigenvalue weighted by Gasteiger charge is -2.39. The third-order valence-corrected chi connectivity index (χ3v) is 4.87. The highest BCUT2D eigenvalue weighted by atomic mass is 32.2. The van der Waals surface area contributed by atoms with Crippen LogP contribution < -0.4 is 5.32 Å². The molecule has 24 heavy (non-hydrogen) atoms. The molecule has 1 unspecified atom stereocenters. The van der Waals surface area contributed by atoms with Crippen molar-refractivity contribution in [2.75, 3.05) is 46.1 Å². The second-order valence-corrected chi connectivity index (χ2v) is 7.82. The Balaban J connectivity index is 2.26. The highest BCUT2D eigenvalue weighted by molar-refractivity contribution is 7.86. The van der Waals surface area contributed by atoms with Gasteiger partial charge in [0.25, 0.3) is 10.1 Å². The molecule has 1 N–H and O–H groups in total. The van der Waals surface area contributed by atoms with Crippen molar-refractivity contribution < 1.29 is 31.4 Å². The van der Waals surface area contributed by atoms with Crippen molar-refractivity contribution in [2.24, 2.45) is 0 Å². The number of hydrogen-bond acceptors (Lipinski definition) is 7. The Labute approximate surface area is 141 Å². The number of hydrogen-bond donors (Lipinski definition) is 1. The molecule has 0 aliphatic carbocycles. The van der Waals surface area contributed by atoms with Crippen LogP contribution in [0.4, 0.5) is 4.79 Å². The molecule has 2 amide bonds. The molecule has 0 aromatic heterocycles. The van der Waals surface area contributed by atoms with E-state index in [4.69, 9.17) is 8.92 Å². The lowest BCUT2D eigenvalue weighted by atomic mass is 10.2. The fourth-order valence-corrected chi connectivity index (χ4v) is 3.88. The standard InChI is InChI=1S/C14H24N3O6S/c1-4-7-22-14(19)17(2)10-11(23-24(3,20)21)8-12(17)16-6-5-15-9-13(16)18/h4,11-12,15H,1,5-10H2,2-3H3/q+1/t11-,12+,17?/m1/s1. The lowest BCUT2D eigenvalue weighted by Crippen LogP contribution is -2.64. The lowest BCUT2D eigenvalue weighted by molar-refractivity contribution is -0.862.